The van der Waals surface area contributed by atoms with Crippen LogP contribution in [0.15, 0.2) is 12.3 Å². The molecule has 16 heavy (non-hydrogen) atoms. The fraction of sp³-hybridized carbons (Fsp3) is 0.400. The Hall–Kier alpha value is -1.56. The number of aromatic amines is 1. The lowest BCUT2D eigenvalue weighted by molar-refractivity contribution is 0.703. The molecule has 0 saturated heterocycles. The van der Waals surface area contributed by atoms with E-state index in [1.165, 1.54) is 0 Å². The van der Waals surface area contributed by atoms with Gasteiger partial charge >= 0.3 is 0 Å². The minimum Gasteiger partial charge on any atom is -0.298 e. The van der Waals surface area contributed by atoms with E-state index < -0.39 is 0 Å². The third kappa shape index (κ3) is 2.16. The highest BCUT2D eigenvalue weighted by atomic mass is 32.1. The normalized spacial score (nSPS) is 10.6. The van der Waals surface area contributed by atoms with Crippen LogP contribution < -0.4 is 0 Å². The number of hydrogen-bond acceptors (Lipinski definition) is 4. The molecule has 0 spiro atoms. The number of aromatic nitrogens is 5. The predicted molar refractivity (Wildman–Crippen MR) is 62.7 cm³/mol. The van der Waals surface area contributed by atoms with Gasteiger partial charge in [-0.25, -0.2) is 9.97 Å². The lowest BCUT2D eigenvalue weighted by Gasteiger charge is -2.04. The molecule has 2 aromatic heterocycles. The molecule has 5 nitrogen and oxygen atoms in total. The highest BCUT2D eigenvalue weighted by Crippen LogP contribution is 2.04. The van der Waals surface area contributed by atoms with Gasteiger partial charge in [0.05, 0.1) is 12.2 Å². The second-order valence-electron chi connectivity index (χ2n) is 3.48. The van der Waals surface area contributed by atoms with Crippen molar-refractivity contribution in [1.29, 1.82) is 0 Å². The van der Waals surface area contributed by atoms with Gasteiger partial charge in [-0.2, -0.15) is 5.10 Å². The minimum absolute atomic E-state index is 0.633. The molecular formula is C10H13N5S. The van der Waals surface area contributed by atoms with Gasteiger partial charge in [-0.05, 0) is 25.2 Å². The molecule has 0 atom stereocenters. The van der Waals surface area contributed by atoms with E-state index in [0.717, 1.165) is 23.8 Å². The third-order valence-corrected chi connectivity index (χ3v) is 2.62. The Kier molecular flexibility index (Phi) is 3.09. The van der Waals surface area contributed by atoms with Crippen LogP contribution in [0.25, 0.3) is 0 Å². The standard InChI is InChI=1S/C10H13N5S/c1-3-9-13-14-10(16)15(9)6-8-4-5-11-7(2)12-8/h4-5H,3,6H2,1-2H3,(H,14,16). The van der Waals surface area contributed by atoms with E-state index in [2.05, 4.69) is 20.2 Å². The van der Waals surface area contributed by atoms with Crippen molar-refractivity contribution in [3.63, 3.8) is 0 Å². The lowest BCUT2D eigenvalue weighted by Crippen LogP contribution is -2.07. The molecule has 0 saturated carbocycles. The quantitative estimate of drug-likeness (QED) is 0.822. The Morgan fingerprint density at radius 3 is 3.00 bits per heavy atom. The summed E-state index contributed by atoms with van der Waals surface area (Å²) in [5.41, 5.74) is 0.944. The monoisotopic (exact) mass is 235 g/mol. The maximum Gasteiger partial charge on any atom is 0.195 e. The number of H-pyrrole nitrogens is 1. The van der Waals surface area contributed by atoms with Gasteiger partial charge in [-0.1, -0.05) is 6.92 Å². The number of rotatable bonds is 3. The van der Waals surface area contributed by atoms with Gasteiger partial charge in [0.15, 0.2) is 4.77 Å². The first-order chi connectivity index (χ1) is 7.70. The molecule has 0 aliphatic carbocycles. The molecule has 84 valence electrons. The summed E-state index contributed by atoms with van der Waals surface area (Å²) in [6.07, 6.45) is 2.60. The van der Waals surface area contributed by atoms with Gasteiger partial charge in [-0.15, -0.1) is 0 Å². The van der Waals surface area contributed by atoms with Crippen molar-refractivity contribution in [2.45, 2.75) is 26.8 Å². The number of nitrogens with one attached hydrogen (secondary N) is 1. The van der Waals surface area contributed by atoms with E-state index in [4.69, 9.17) is 12.2 Å². The van der Waals surface area contributed by atoms with Crippen molar-refractivity contribution in [3.05, 3.63) is 34.4 Å². The van der Waals surface area contributed by atoms with Crippen molar-refractivity contribution >= 4 is 12.2 Å². The van der Waals surface area contributed by atoms with Crippen molar-refractivity contribution in [1.82, 2.24) is 24.7 Å². The second-order valence-corrected chi connectivity index (χ2v) is 3.87. The van der Waals surface area contributed by atoms with E-state index in [1.54, 1.807) is 6.20 Å². The van der Waals surface area contributed by atoms with Gasteiger partial charge in [-0.3, -0.25) is 9.67 Å². The number of nitrogens with zero attached hydrogens (tertiary/aromatic N) is 4. The van der Waals surface area contributed by atoms with Crippen LogP contribution in [-0.2, 0) is 13.0 Å². The third-order valence-electron chi connectivity index (χ3n) is 2.31. The van der Waals surface area contributed by atoms with Crippen LogP contribution >= 0.6 is 12.2 Å². The molecule has 0 aliphatic heterocycles. The molecule has 0 bridgehead atoms. The van der Waals surface area contributed by atoms with Crippen molar-refractivity contribution in [3.8, 4) is 0 Å². The van der Waals surface area contributed by atoms with E-state index in [-0.39, 0.29) is 0 Å². The lowest BCUT2D eigenvalue weighted by atomic mass is 10.3. The summed E-state index contributed by atoms with van der Waals surface area (Å²) in [6.45, 7) is 4.56. The van der Waals surface area contributed by atoms with Gasteiger partial charge in [0.25, 0.3) is 0 Å². The average Bonchev–Trinajstić information content (AvgIpc) is 2.60. The van der Waals surface area contributed by atoms with E-state index in [9.17, 15) is 0 Å². The van der Waals surface area contributed by atoms with E-state index >= 15 is 0 Å². The van der Waals surface area contributed by atoms with Crippen LogP contribution in [0.5, 0.6) is 0 Å². The Labute approximate surface area is 98.6 Å². The average molecular weight is 235 g/mol. The van der Waals surface area contributed by atoms with Gasteiger partial charge in [0.1, 0.15) is 11.6 Å². The fourth-order valence-corrected chi connectivity index (χ4v) is 1.75. The number of aryl methyl sites for hydroxylation is 2. The Balaban J connectivity index is 2.33. The molecule has 0 aromatic carbocycles. The fourth-order valence-electron chi connectivity index (χ4n) is 1.54. The van der Waals surface area contributed by atoms with Crippen molar-refractivity contribution in [2.24, 2.45) is 0 Å². The maximum absolute atomic E-state index is 5.17. The van der Waals surface area contributed by atoms with Gasteiger partial charge in [0, 0.05) is 12.6 Å². The minimum atomic E-state index is 0.633. The second kappa shape index (κ2) is 4.52. The molecule has 0 radical (unpaired) electrons. The summed E-state index contributed by atoms with van der Waals surface area (Å²) >= 11 is 5.17. The molecule has 0 amide bonds. The van der Waals surface area contributed by atoms with Gasteiger partial charge < -0.3 is 0 Å². The highest BCUT2D eigenvalue weighted by molar-refractivity contribution is 7.71. The molecule has 2 heterocycles. The first-order valence-electron chi connectivity index (χ1n) is 5.13. The Morgan fingerprint density at radius 2 is 2.31 bits per heavy atom. The van der Waals surface area contributed by atoms with Crippen molar-refractivity contribution < 1.29 is 0 Å². The summed E-state index contributed by atoms with van der Waals surface area (Å²) in [6, 6.07) is 1.89. The highest BCUT2D eigenvalue weighted by Gasteiger charge is 2.05. The summed E-state index contributed by atoms with van der Waals surface area (Å²) in [7, 11) is 0. The Morgan fingerprint density at radius 1 is 1.50 bits per heavy atom. The zero-order valence-corrected chi connectivity index (χ0v) is 10.1. The topological polar surface area (TPSA) is 59.4 Å². The molecule has 2 aromatic rings. The van der Waals surface area contributed by atoms with E-state index in [0.29, 0.717) is 11.3 Å². The SMILES string of the molecule is CCc1n[nH]c(=S)n1Cc1ccnc(C)n1. The van der Waals surface area contributed by atoms with Crippen LogP contribution in [0.4, 0.5) is 0 Å². The predicted octanol–water partition coefficient (Wildman–Crippen LogP) is 1.65. The maximum atomic E-state index is 5.17. The van der Waals surface area contributed by atoms with Crippen LogP contribution in [-0.4, -0.2) is 24.7 Å². The molecule has 6 heteroatoms. The molecule has 0 fully saturated rings. The largest absolute Gasteiger partial charge is 0.298 e. The molecular weight excluding hydrogens is 222 g/mol. The van der Waals surface area contributed by atoms with Crippen LogP contribution in [0.2, 0.25) is 0 Å². The first-order valence-corrected chi connectivity index (χ1v) is 5.54. The summed E-state index contributed by atoms with van der Waals surface area (Å²) < 4.78 is 2.59. The first kappa shape index (κ1) is 10.9. The number of hydrogen-bond donors (Lipinski definition) is 1. The summed E-state index contributed by atoms with van der Waals surface area (Å²) in [5.74, 6) is 1.71. The smallest absolute Gasteiger partial charge is 0.195 e. The van der Waals surface area contributed by atoms with E-state index in [1.807, 2.05) is 24.5 Å². The van der Waals surface area contributed by atoms with Crippen LogP contribution in [0, 0.1) is 11.7 Å². The zero-order valence-electron chi connectivity index (χ0n) is 9.27. The summed E-state index contributed by atoms with van der Waals surface area (Å²) in [5, 5.41) is 6.95. The zero-order chi connectivity index (χ0) is 11.5. The van der Waals surface area contributed by atoms with Crippen LogP contribution in [0.1, 0.15) is 24.3 Å². The molecule has 2 rings (SSSR count). The van der Waals surface area contributed by atoms with Gasteiger partial charge in [0.2, 0.25) is 0 Å². The molecule has 0 unspecified atom stereocenters. The van der Waals surface area contributed by atoms with Crippen molar-refractivity contribution in [2.75, 3.05) is 0 Å². The Bertz CT molecular complexity index is 542. The summed E-state index contributed by atoms with van der Waals surface area (Å²) in [4.78, 5) is 8.41. The molecule has 0 aliphatic rings. The molecule has 1 N–H and O–H groups in total. The van der Waals surface area contributed by atoms with Crippen LogP contribution in [0.3, 0.4) is 0 Å².